The van der Waals surface area contributed by atoms with E-state index in [1.54, 1.807) is 6.20 Å². The lowest BCUT2D eigenvalue weighted by Gasteiger charge is -2.39. The average Bonchev–Trinajstić information content (AvgIpc) is 2.64. The minimum Gasteiger partial charge on any atom is -0.381 e. The van der Waals surface area contributed by atoms with Crippen molar-refractivity contribution < 1.29 is 13.2 Å². The van der Waals surface area contributed by atoms with Crippen molar-refractivity contribution in [2.45, 2.75) is 35.9 Å². The summed E-state index contributed by atoms with van der Waals surface area (Å²) in [6, 6.07) is 2.78. The zero-order valence-electron chi connectivity index (χ0n) is 14.8. The van der Waals surface area contributed by atoms with Crippen LogP contribution in [0.1, 0.15) is 25.5 Å². The summed E-state index contributed by atoms with van der Waals surface area (Å²) in [6.45, 7) is 4.37. The van der Waals surface area contributed by atoms with Crippen LogP contribution in [0.5, 0.6) is 0 Å². The van der Waals surface area contributed by atoms with E-state index in [0.29, 0.717) is 12.4 Å². The Hall–Kier alpha value is -2.07. The van der Waals surface area contributed by atoms with Crippen molar-refractivity contribution in [3.05, 3.63) is 30.2 Å². The lowest BCUT2D eigenvalue weighted by atomic mass is 9.80. The maximum absolute atomic E-state index is 13.1. The molecule has 0 aliphatic carbocycles. The standard InChI is InChI=1S/C17H21F3N6S/c1-16(10-21)4-7-26(8-5-16)12-9-24-15(14(22)25-12)27-11-3-2-6-23-13(11)17(18,19)20/h2-3,6,9H,4-5,7-8,10,21H2,1H3,(H2,22,25). The topological polar surface area (TPSA) is 94.0 Å². The van der Waals surface area contributed by atoms with Crippen molar-refractivity contribution in [3.63, 3.8) is 0 Å². The molecule has 0 unspecified atom stereocenters. The first-order valence-corrected chi connectivity index (χ1v) is 9.31. The Morgan fingerprint density at radius 3 is 2.56 bits per heavy atom. The first-order valence-electron chi connectivity index (χ1n) is 8.49. The van der Waals surface area contributed by atoms with E-state index in [0.717, 1.165) is 43.9 Å². The van der Waals surface area contributed by atoms with Gasteiger partial charge in [-0.3, -0.25) is 4.98 Å². The fourth-order valence-corrected chi connectivity index (χ4v) is 3.76. The molecule has 3 heterocycles. The molecule has 1 saturated heterocycles. The molecule has 0 atom stereocenters. The summed E-state index contributed by atoms with van der Waals surface area (Å²) < 4.78 is 39.3. The maximum Gasteiger partial charge on any atom is 0.434 e. The van der Waals surface area contributed by atoms with Gasteiger partial charge in [-0.2, -0.15) is 13.2 Å². The van der Waals surface area contributed by atoms with E-state index in [4.69, 9.17) is 11.5 Å². The molecule has 1 aliphatic rings. The molecule has 1 aliphatic heterocycles. The Bertz CT molecular complexity index is 805. The average molecular weight is 398 g/mol. The monoisotopic (exact) mass is 398 g/mol. The summed E-state index contributed by atoms with van der Waals surface area (Å²) in [4.78, 5) is 14.0. The largest absolute Gasteiger partial charge is 0.434 e. The molecule has 4 N–H and O–H groups in total. The summed E-state index contributed by atoms with van der Waals surface area (Å²) in [5.74, 6) is 0.722. The van der Waals surface area contributed by atoms with E-state index < -0.39 is 11.9 Å². The molecule has 27 heavy (non-hydrogen) atoms. The third-order valence-corrected chi connectivity index (χ3v) is 5.84. The third-order valence-electron chi connectivity index (χ3n) is 4.78. The van der Waals surface area contributed by atoms with Crippen LogP contribution in [0.2, 0.25) is 0 Å². The number of piperidine rings is 1. The summed E-state index contributed by atoms with van der Waals surface area (Å²) in [5.41, 5.74) is 11.0. The van der Waals surface area contributed by atoms with Gasteiger partial charge in [0, 0.05) is 24.2 Å². The van der Waals surface area contributed by atoms with Gasteiger partial charge in [0.25, 0.3) is 0 Å². The Labute approximate surface area is 159 Å². The number of halogens is 3. The summed E-state index contributed by atoms with van der Waals surface area (Å²) >= 11 is 0.810. The number of hydrogen-bond acceptors (Lipinski definition) is 7. The van der Waals surface area contributed by atoms with Gasteiger partial charge in [-0.25, -0.2) is 9.97 Å². The number of rotatable bonds is 4. The number of hydrogen-bond donors (Lipinski definition) is 2. The molecule has 2 aromatic rings. The zero-order valence-corrected chi connectivity index (χ0v) is 15.6. The van der Waals surface area contributed by atoms with Crippen LogP contribution in [-0.4, -0.2) is 34.6 Å². The fraction of sp³-hybridized carbons (Fsp3) is 0.471. The highest BCUT2D eigenvalue weighted by Gasteiger charge is 2.36. The number of nitrogens with two attached hydrogens (primary N) is 2. The predicted molar refractivity (Wildman–Crippen MR) is 98.4 cm³/mol. The first kappa shape index (κ1) is 19.7. The van der Waals surface area contributed by atoms with Crippen molar-refractivity contribution in [1.82, 2.24) is 15.0 Å². The second-order valence-electron chi connectivity index (χ2n) is 6.87. The summed E-state index contributed by atoms with van der Waals surface area (Å²) in [6.07, 6.45) is -0.0164. The molecule has 146 valence electrons. The van der Waals surface area contributed by atoms with Crippen molar-refractivity contribution in [2.75, 3.05) is 30.3 Å². The minimum absolute atomic E-state index is 0.0598. The predicted octanol–water partition coefficient (Wildman–Crippen LogP) is 3.19. The van der Waals surface area contributed by atoms with E-state index in [9.17, 15) is 13.2 Å². The first-order chi connectivity index (χ1) is 12.7. The van der Waals surface area contributed by atoms with E-state index in [2.05, 4.69) is 26.8 Å². The van der Waals surface area contributed by atoms with Crippen LogP contribution >= 0.6 is 11.8 Å². The molecule has 2 aromatic heterocycles. The number of alkyl halides is 3. The molecule has 0 bridgehead atoms. The normalized spacial score (nSPS) is 17.1. The SMILES string of the molecule is CC1(CN)CCN(c2cnc(Sc3cccnc3C(F)(F)F)c(N)n2)CC1. The summed E-state index contributed by atoms with van der Waals surface area (Å²) in [5, 5.41) is 0.223. The number of pyridine rings is 1. The Morgan fingerprint density at radius 2 is 1.96 bits per heavy atom. The lowest BCUT2D eigenvalue weighted by molar-refractivity contribution is -0.143. The number of anilines is 2. The van der Waals surface area contributed by atoms with Gasteiger partial charge in [-0.05, 0) is 36.9 Å². The van der Waals surface area contributed by atoms with E-state index in [-0.39, 0.29) is 21.2 Å². The maximum atomic E-state index is 13.1. The van der Waals surface area contributed by atoms with Crippen molar-refractivity contribution in [1.29, 1.82) is 0 Å². The Morgan fingerprint density at radius 1 is 1.26 bits per heavy atom. The molecule has 0 saturated carbocycles. The van der Waals surface area contributed by atoms with E-state index in [1.165, 1.54) is 12.1 Å². The van der Waals surface area contributed by atoms with Crippen LogP contribution in [0.25, 0.3) is 0 Å². The molecule has 3 rings (SSSR count). The van der Waals surface area contributed by atoms with Gasteiger partial charge in [-0.15, -0.1) is 0 Å². The highest BCUT2D eigenvalue weighted by atomic mass is 32.2. The van der Waals surface area contributed by atoms with Crippen LogP contribution in [0.15, 0.2) is 34.4 Å². The Kier molecular flexibility index (Phi) is 5.48. The molecular weight excluding hydrogens is 377 g/mol. The number of nitrogens with zero attached hydrogens (tertiary/aromatic N) is 4. The van der Waals surface area contributed by atoms with Gasteiger partial charge >= 0.3 is 6.18 Å². The van der Waals surface area contributed by atoms with E-state index in [1.807, 2.05) is 0 Å². The quantitative estimate of drug-likeness (QED) is 0.817. The zero-order chi connectivity index (χ0) is 19.7. The second-order valence-corrected chi connectivity index (χ2v) is 7.90. The van der Waals surface area contributed by atoms with Crippen molar-refractivity contribution in [2.24, 2.45) is 11.1 Å². The van der Waals surface area contributed by atoms with Crippen LogP contribution < -0.4 is 16.4 Å². The third kappa shape index (κ3) is 4.44. The van der Waals surface area contributed by atoms with Crippen molar-refractivity contribution >= 4 is 23.4 Å². The molecule has 1 fully saturated rings. The van der Waals surface area contributed by atoms with Crippen LogP contribution in [0.4, 0.5) is 24.8 Å². The van der Waals surface area contributed by atoms with Gasteiger partial charge in [0.15, 0.2) is 11.5 Å². The van der Waals surface area contributed by atoms with Crippen LogP contribution in [0, 0.1) is 5.41 Å². The molecule has 6 nitrogen and oxygen atoms in total. The summed E-state index contributed by atoms with van der Waals surface area (Å²) in [7, 11) is 0. The van der Waals surface area contributed by atoms with Crippen LogP contribution in [-0.2, 0) is 6.18 Å². The van der Waals surface area contributed by atoms with Gasteiger partial charge < -0.3 is 16.4 Å². The Balaban J connectivity index is 1.77. The van der Waals surface area contributed by atoms with Crippen LogP contribution in [0.3, 0.4) is 0 Å². The molecule has 0 aromatic carbocycles. The number of nitrogen functional groups attached to an aromatic ring is 1. The van der Waals surface area contributed by atoms with Gasteiger partial charge in [0.2, 0.25) is 0 Å². The molecule has 0 radical (unpaired) electrons. The minimum atomic E-state index is -4.55. The van der Waals surface area contributed by atoms with Crippen molar-refractivity contribution in [3.8, 4) is 0 Å². The molecule has 10 heteroatoms. The van der Waals surface area contributed by atoms with Gasteiger partial charge in [0.1, 0.15) is 10.8 Å². The molecule has 0 spiro atoms. The molecule has 0 amide bonds. The smallest absolute Gasteiger partial charge is 0.381 e. The molecular formula is C17H21F3N6S. The highest BCUT2D eigenvalue weighted by molar-refractivity contribution is 7.99. The van der Waals surface area contributed by atoms with Gasteiger partial charge in [0.05, 0.1) is 6.20 Å². The lowest BCUT2D eigenvalue weighted by Crippen LogP contribution is -2.42. The highest BCUT2D eigenvalue weighted by Crippen LogP contribution is 2.39. The van der Waals surface area contributed by atoms with E-state index >= 15 is 0 Å². The fourth-order valence-electron chi connectivity index (χ4n) is 2.88. The second kappa shape index (κ2) is 7.51. The number of aromatic nitrogens is 3. The van der Waals surface area contributed by atoms with Gasteiger partial charge in [-0.1, -0.05) is 18.7 Å².